The molecule has 0 spiro atoms. The van der Waals surface area contributed by atoms with Crippen molar-refractivity contribution in [2.45, 2.75) is 51.6 Å². The summed E-state index contributed by atoms with van der Waals surface area (Å²) >= 11 is 17.4. The largest absolute Gasteiger partial charge is 0.465 e. The second kappa shape index (κ2) is 25.5. The van der Waals surface area contributed by atoms with Crippen LogP contribution < -0.4 is 13.9 Å². The van der Waals surface area contributed by atoms with Crippen LogP contribution >= 0.6 is 34.8 Å². The van der Waals surface area contributed by atoms with Crippen LogP contribution in [0.2, 0.25) is 10.0 Å². The third kappa shape index (κ3) is 16.2. The van der Waals surface area contributed by atoms with E-state index in [0.717, 1.165) is 48.9 Å². The minimum atomic E-state index is -3.72. The van der Waals surface area contributed by atoms with Gasteiger partial charge < -0.3 is 19.7 Å². The number of carbonyl (C=O) groups excluding carboxylic acids is 2. The van der Waals surface area contributed by atoms with E-state index in [1.54, 1.807) is 48.5 Å². The van der Waals surface area contributed by atoms with Gasteiger partial charge in [-0.1, -0.05) is 47.5 Å². The van der Waals surface area contributed by atoms with Crippen LogP contribution in [-0.2, 0) is 42.6 Å². The summed E-state index contributed by atoms with van der Waals surface area (Å²) in [4.78, 5) is 25.4. The van der Waals surface area contributed by atoms with Gasteiger partial charge in [0.2, 0.25) is 20.0 Å². The number of halogens is 5. The molecule has 0 bridgehead atoms. The standard InChI is InChI=1S/C22H26ClFN2O4S.C18H18Cl2FNO4S.C4H9N/c1-30-22(27)18-7-5-17(6-8-18)16-26(19-9-10-21(24)20(23)15-19)31(28,29)14-4-13-25-11-2-3-12-25;1-26-18(23)14-5-3-13(4-6-14)12-22(27(24,25)10-2-9-19)15-7-8-17(21)16(20)11-15;1-2-4-5-3-1/h5-10,15H,2-4,11-14,16H2,1H3;3-8,11H,2,9-10,12H2,1H3;5H,1-4H2. The Bertz CT molecular complexity index is 2310. The lowest BCUT2D eigenvalue weighted by atomic mass is 10.1. The molecule has 63 heavy (non-hydrogen) atoms. The number of nitrogens with zero attached hydrogens (tertiary/aromatic N) is 3. The van der Waals surface area contributed by atoms with Crippen molar-refractivity contribution in [1.29, 1.82) is 0 Å². The van der Waals surface area contributed by atoms with E-state index in [2.05, 4.69) is 15.0 Å². The number of ether oxygens (including phenoxy) is 2. The Kier molecular flexibility index (Phi) is 20.9. The van der Waals surface area contributed by atoms with E-state index >= 15 is 0 Å². The number of carbonyl (C=O) groups is 2. The zero-order valence-corrected chi connectivity index (χ0v) is 39.1. The molecule has 0 aliphatic carbocycles. The maximum atomic E-state index is 13.7. The molecule has 2 fully saturated rings. The summed E-state index contributed by atoms with van der Waals surface area (Å²) in [5.74, 6) is -2.20. The van der Waals surface area contributed by atoms with Gasteiger partial charge in [-0.05, 0) is 143 Å². The lowest BCUT2D eigenvalue weighted by Gasteiger charge is -2.25. The number of methoxy groups -OCH3 is 2. The molecule has 344 valence electrons. The summed E-state index contributed by atoms with van der Waals surface area (Å²) in [5, 5.41) is 2.90. The Balaban J connectivity index is 0.000000250. The maximum Gasteiger partial charge on any atom is 0.337 e. The summed E-state index contributed by atoms with van der Waals surface area (Å²) in [7, 11) is -4.84. The van der Waals surface area contributed by atoms with Crippen LogP contribution in [0.3, 0.4) is 0 Å². The summed E-state index contributed by atoms with van der Waals surface area (Å²) in [6.45, 7) is 5.27. The third-order valence-corrected chi connectivity index (χ3v) is 14.5. The highest BCUT2D eigenvalue weighted by Crippen LogP contribution is 2.29. The Morgan fingerprint density at radius 2 is 1.06 bits per heavy atom. The lowest BCUT2D eigenvalue weighted by Crippen LogP contribution is -2.34. The van der Waals surface area contributed by atoms with Crippen LogP contribution in [0.15, 0.2) is 84.9 Å². The summed E-state index contributed by atoms with van der Waals surface area (Å²) < 4.78 is 90.9. The Morgan fingerprint density at radius 3 is 1.41 bits per heavy atom. The highest BCUT2D eigenvalue weighted by molar-refractivity contribution is 7.93. The molecule has 4 aromatic rings. The first-order valence-electron chi connectivity index (χ1n) is 20.3. The highest BCUT2D eigenvalue weighted by Gasteiger charge is 2.26. The fraction of sp³-hybridized carbons (Fsp3) is 0.409. The van der Waals surface area contributed by atoms with Crippen LogP contribution in [0.1, 0.15) is 70.4 Å². The van der Waals surface area contributed by atoms with Crippen molar-refractivity contribution >= 4 is 78.2 Å². The van der Waals surface area contributed by atoms with E-state index < -0.39 is 43.6 Å². The zero-order chi connectivity index (χ0) is 46.0. The number of sulfonamides is 2. The van der Waals surface area contributed by atoms with Gasteiger partial charge in [0.1, 0.15) is 11.6 Å². The second-order valence-electron chi connectivity index (χ2n) is 14.6. The predicted octanol–water partition coefficient (Wildman–Crippen LogP) is 8.69. The van der Waals surface area contributed by atoms with E-state index in [-0.39, 0.29) is 52.6 Å². The first kappa shape index (κ1) is 51.6. The molecule has 19 heteroatoms. The van der Waals surface area contributed by atoms with Gasteiger partial charge >= 0.3 is 11.9 Å². The fourth-order valence-corrected chi connectivity index (χ4v) is 10.2. The fourth-order valence-electron chi connectivity index (χ4n) is 6.60. The normalized spacial score (nSPS) is 13.9. The number of nitrogens with one attached hydrogen (secondary N) is 1. The van der Waals surface area contributed by atoms with E-state index in [9.17, 15) is 35.2 Å². The number of likely N-dealkylation sites (tertiary alicyclic amines) is 1. The van der Waals surface area contributed by atoms with Crippen molar-refractivity contribution in [2.24, 2.45) is 0 Å². The average molecular weight is 974 g/mol. The number of rotatable bonds is 17. The number of esters is 2. The molecule has 0 saturated carbocycles. The molecule has 2 heterocycles. The molecule has 2 aliphatic heterocycles. The van der Waals surface area contributed by atoms with Crippen molar-refractivity contribution in [1.82, 2.24) is 10.2 Å². The number of hydrogen-bond donors (Lipinski definition) is 1. The van der Waals surface area contributed by atoms with Crippen molar-refractivity contribution < 1.29 is 44.7 Å². The Hall–Kier alpha value is -4.03. The van der Waals surface area contributed by atoms with Gasteiger partial charge in [-0.3, -0.25) is 8.61 Å². The second-order valence-corrected chi connectivity index (χ2v) is 19.8. The number of hydrogen-bond acceptors (Lipinski definition) is 10. The quantitative estimate of drug-likeness (QED) is 0.0807. The first-order chi connectivity index (χ1) is 30.1. The zero-order valence-electron chi connectivity index (χ0n) is 35.2. The molecule has 6 rings (SSSR count). The summed E-state index contributed by atoms with van der Waals surface area (Å²) in [6.07, 6.45) is 5.86. The van der Waals surface area contributed by atoms with Crippen molar-refractivity contribution in [3.63, 3.8) is 0 Å². The molecule has 1 N–H and O–H groups in total. The molecular weight excluding hydrogens is 921 g/mol. The van der Waals surface area contributed by atoms with Gasteiger partial charge in [-0.2, -0.15) is 0 Å². The smallest absolute Gasteiger partial charge is 0.337 e. The van der Waals surface area contributed by atoms with Gasteiger partial charge in [-0.15, -0.1) is 11.6 Å². The molecule has 0 aromatic heterocycles. The van der Waals surface area contributed by atoms with Crippen molar-refractivity contribution in [3.05, 3.63) is 129 Å². The van der Waals surface area contributed by atoms with Crippen LogP contribution in [0.25, 0.3) is 0 Å². The molecule has 0 radical (unpaired) electrons. The van der Waals surface area contributed by atoms with Gasteiger partial charge in [0, 0.05) is 5.88 Å². The molecule has 2 saturated heterocycles. The number of benzene rings is 4. The third-order valence-electron chi connectivity index (χ3n) is 10.0. The van der Waals surface area contributed by atoms with Crippen LogP contribution in [0.4, 0.5) is 20.2 Å². The van der Waals surface area contributed by atoms with Crippen molar-refractivity contribution in [2.75, 3.05) is 72.9 Å². The van der Waals surface area contributed by atoms with Crippen molar-refractivity contribution in [3.8, 4) is 0 Å². The topological polar surface area (TPSA) is 143 Å². The first-order valence-corrected chi connectivity index (χ1v) is 24.8. The number of anilines is 2. The molecule has 0 atom stereocenters. The van der Waals surface area contributed by atoms with Gasteiger partial charge in [0.25, 0.3) is 0 Å². The monoisotopic (exact) mass is 972 g/mol. The van der Waals surface area contributed by atoms with E-state index in [1.807, 2.05) is 0 Å². The molecule has 12 nitrogen and oxygen atoms in total. The van der Waals surface area contributed by atoms with Crippen LogP contribution in [-0.4, -0.2) is 98.0 Å². The molecule has 0 amide bonds. The van der Waals surface area contributed by atoms with Gasteiger partial charge in [0.15, 0.2) is 0 Å². The predicted molar refractivity (Wildman–Crippen MR) is 246 cm³/mol. The van der Waals surface area contributed by atoms with E-state index in [0.29, 0.717) is 34.4 Å². The van der Waals surface area contributed by atoms with E-state index in [1.165, 1.54) is 68.7 Å². The molecule has 0 unspecified atom stereocenters. The van der Waals surface area contributed by atoms with Crippen LogP contribution in [0.5, 0.6) is 0 Å². The lowest BCUT2D eigenvalue weighted by molar-refractivity contribution is 0.0592. The maximum absolute atomic E-state index is 13.7. The van der Waals surface area contributed by atoms with Crippen LogP contribution in [0, 0.1) is 11.6 Å². The summed E-state index contributed by atoms with van der Waals surface area (Å²) in [6, 6.07) is 20.4. The highest BCUT2D eigenvalue weighted by atomic mass is 35.5. The van der Waals surface area contributed by atoms with Gasteiger partial charge in [0.05, 0.1) is 71.4 Å². The Morgan fingerprint density at radius 1 is 0.651 bits per heavy atom. The minimum absolute atomic E-state index is 0.00592. The minimum Gasteiger partial charge on any atom is -0.465 e. The van der Waals surface area contributed by atoms with Gasteiger partial charge in [-0.25, -0.2) is 35.2 Å². The molecular formula is C44H53Cl3F2N4O8S2. The molecule has 2 aliphatic rings. The summed E-state index contributed by atoms with van der Waals surface area (Å²) in [5.41, 5.74) is 2.57. The molecule has 4 aromatic carbocycles. The average Bonchev–Trinajstić information content (AvgIpc) is 4.05. The number of alkyl halides is 1. The Labute approximate surface area is 384 Å². The van der Waals surface area contributed by atoms with E-state index in [4.69, 9.17) is 39.5 Å². The SMILES string of the molecule is C1CCNC1.COC(=O)c1ccc(CN(c2ccc(F)c(Cl)c2)S(=O)(=O)CCCCl)cc1.COC(=O)c1ccc(CN(c2ccc(F)c(Cl)c2)S(=O)(=O)CCCN2CCCC2)cc1.